The van der Waals surface area contributed by atoms with Crippen molar-refractivity contribution >= 4 is 5.82 Å². The molecular formula is C18H18N4. The first-order chi connectivity index (χ1) is 10.8. The van der Waals surface area contributed by atoms with Crippen molar-refractivity contribution in [1.82, 2.24) is 10.2 Å². The number of nitrogens with zero attached hydrogens (tertiary/aromatic N) is 3. The molecule has 1 spiro atoms. The van der Waals surface area contributed by atoms with Gasteiger partial charge >= 0.3 is 0 Å². The van der Waals surface area contributed by atoms with Gasteiger partial charge in [-0.15, -0.1) is 10.2 Å². The smallest absolute Gasteiger partial charge is 0.163 e. The quantitative estimate of drug-likeness (QED) is 0.943. The van der Waals surface area contributed by atoms with Crippen molar-refractivity contribution in [2.45, 2.75) is 31.1 Å². The molecule has 110 valence electrons. The zero-order chi connectivity index (χ0) is 15.0. The number of hydrogen-bond donors (Lipinski definition) is 1. The molecule has 1 heterocycles. The third kappa shape index (κ3) is 2.14. The number of nitriles is 1. The van der Waals surface area contributed by atoms with Gasteiger partial charge in [0.05, 0.1) is 0 Å². The van der Waals surface area contributed by atoms with E-state index in [2.05, 4.69) is 39.8 Å². The van der Waals surface area contributed by atoms with E-state index in [-0.39, 0.29) is 0 Å². The Labute approximate surface area is 130 Å². The number of benzene rings is 1. The Morgan fingerprint density at radius 2 is 2.14 bits per heavy atom. The van der Waals surface area contributed by atoms with Gasteiger partial charge in [-0.25, -0.2) is 0 Å². The van der Waals surface area contributed by atoms with Crippen LogP contribution >= 0.6 is 0 Å². The van der Waals surface area contributed by atoms with Gasteiger partial charge in [-0.3, -0.25) is 0 Å². The number of nitrogens with one attached hydrogen (secondary N) is 1. The van der Waals surface area contributed by atoms with Gasteiger partial charge < -0.3 is 5.32 Å². The highest BCUT2D eigenvalue weighted by Crippen LogP contribution is 2.60. The number of anilines is 1. The van der Waals surface area contributed by atoms with Gasteiger partial charge in [0.2, 0.25) is 0 Å². The predicted molar refractivity (Wildman–Crippen MR) is 84.4 cm³/mol. The first-order valence-electron chi connectivity index (χ1n) is 7.88. The molecule has 0 radical (unpaired) electrons. The highest BCUT2D eigenvalue weighted by Gasteiger charge is 2.55. The lowest BCUT2D eigenvalue weighted by Gasteiger charge is -2.26. The van der Waals surface area contributed by atoms with Crippen molar-refractivity contribution in [2.24, 2.45) is 5.92 Å². The molecule has 4 rings (SSSR count). The Morgan fingerprint density at radius 3 is 2.95 bits per heavy atom. The molecule has 1 fully saturated rings. The standard InChI is InChI=1S/C18H18N4/c19-11-15-7-8-17(22-21-15)20-12-14-10-18(14)9-3-5-13-4-1-2-6-16(13)18/h1-2,4,6-8,14H,3,5,9-10,12H2,(H,20,22). The van der Waals surface area contributed by atoms with Crippen molar-refractivity contribution in [3.63, 3.8) is 0 Å². The molecule has 0 saturated heterocycles. The van der Waals surface area contributed by atoms with Crippen LogP contribution in [0, 0.1) is 17.2 Å². The fourth-order valence-electron chi connectivity index (χ4n) is 3.95. The van der Waals surface area contributed by atoms with Crippen LogP contribution in [0.3, 0.4) is 0 Å². The Bertz CT molecular complexity index is 731. The Morgan fingerprint density at radius 1 is 1.23 bits per heavy atom. The third-order valence-corrected chi connectivity index (χ3v) is 5.16. The van der Waals surface area contributed by atoms with E-state index >= 15 is 0 Å². The van der Waals surface area contributed by atoms with Crippen LogP contribution in [0.5, 0.6) is 0 Å². The van der Waals surface area contributed by atoms with Crippen molar-refractivity contribution in [2.75, 3.05) is 11.9 Å². The summed E-state index contributed by atoms with van der Waals surface area (Å²) in [5.74, 6) is 1.43. The molecule has 0 aliphatic heterocycles. The van der Waals surface area contributed by atoms with Crippen molar-refractivity contribution in [1.29, 1.82) is 5.26 Å². The SMILES string of the molecule is N#Cc1ccc(NCC2CC23CCCc2ccccc23)nn1. The minimum absolute atomic E-state index is 0.356. The molecule has 1 aromatic carbocycles. The average molecular weight is 290 g/mol. The molecule has 22 heavy (non-hydrogen) atoms. The van der Waals surface area contributed by atoms with Crippen LogP contribution in [0.25, 0.3) is 0 Å². The molecule has 4 heteroatoms. The maximum Gasteiger partial charge on any atom is 0.163 e. The molecule has 1 N–H and O–H groups in total. The summed E-state index contributed by atoms with van der Waals surface area (Å²) in [6.45, 7) is 0.926. The average Bonchev–Trinajstić information content (AvgIpc) is 3.27. The van der Waals surface area contributed by atoms with Crippen LogP contribution in [0.4, 0.5) is 5.82 Å². The van der Waals surface area contributed by atoms with E-state index in [0.29, 0.717) is 17.0 Å². The topological polar surface area (TPSA) is 61.6 Å². The van der Waals surface area contributed by atoms with Crippen molar-refractivity contribution in [3.8, 4) is 6.07 Å². The van der Waals surface area contributed by atoms with E-state index in [9.17, 15) is 0 Å². The van der Waals surface area contributed by atoms with E-state index < -0.39 is 0 Å². The van der Waals surface area contributed by atoms with Crippen LogP contribution in [0.15, 0.2) is 36.4 Å². The fourth-order valence-corrected chi connectivity index (χ4v) is 3.95. The van der Waals surface area contributed by atoms with E-state index in [0.717, 1.165) is 12.4 Å². The summed E-state index contributed by atoms with van der Waals surface area (Å²) in [5.41, 5.74) is 3.85. The molecule has 0 amide bonds. The lowest BCUT2D eigenvalue weighted by atomic mass is 9.78. The molecule has 1 aromatic heterocycles. The molecule has 1 saturated carbocycles. The van der Waals surface area contributed by atoms with Gasteiger partial charge in [0.1, 0.15) is 11.9 Å². The molecule has 2 aliphatic carbocycles. The second-order valence-electron chi connectivity index (χ2n) is 6.36. The summed E-state index contributed by atoms with van der Waals surface area (Å²) < 4.78 is 0. The highest BCUT2D eigenvalue weighted by molar-refractivity contribution is 5.44. The molecule has 2 aliphatic rings. The van der Waals surface area contributed by atoms with Gasteiger partial charge in [-0.2, -0.15) is 5.26 Å². The van der Waals surface area contributed by atoms with Crippen LogP contribution < -0.4 is 5.32 Å². The summed E-state index contributed by atoms with van der Waals surface area (Å²) in [4.78, 5) is 0. The first-order valence-corrected chi connectivity index (χ1v) is 7.88. The largest absolute Gasteiger partial charge is 0.368 e. The summed E-state index contributed by atoms with van der Waals surface area (Å²) in [7, 11) is 0. The predicted octanol–water partition coefficient (Wildman–Crippen LogP) is 3.05. The van der Waals surface area contributed by atoms with Gasteiger partial charge in [-0.05, 0) is 54.9 Å². The molecule has 2 aromatic rings. The number of aryl methyl sites for hydroxylation is 1. The zero-order valence-corrected chi connectivity index (χ0v) is 12.4. The Hall–Kier alpha value is -2.41. The second-order valence-corrected chi connectivity index (χ2v) is 6.36. The van der Waals surface area contributed by atoms with E-state index in [1.807, 2.05) is 12.1 Å². The van der Waals surface area contributed by atoms with Crippen molar-refractivity contribution in [3.05, 3.63) is 53.2 Å². The number of hydrogen-bond acceptors (Lipinski definition) is 4. The third-order valence-electron chi connectivity index (χ3n) is 5.16. The van der Waals surface area contributed by atoms with Crippen LogP contribution in [-0.2, 0) is 11.8 Å². The first kappa shape index (κ1) is 13.3. The van der Waals surface area contributed by atoms with Gasteiger partial charge in [0, 0.05) is 12.0 Å². The summed E-state index contributed by atoms with van der Waals surface area (Å²) in [6.07, 6.45) is 5.08. The Kier molecular flexibility index (Phi) is 3.07. The molecule has 0 bridgehead atoms. The van der Waals surface area contributed by atoms with Crippen LogP contribution in [-0.4, -0.2) is 16.7 Å². The molecular weight excluding hydrogens is 272 g/mol. The lowest BCUT2D eigenvalue weighted by Crippen LogP contribution is -2.21. The number of fused-ring (bicyclic) bond motifs is 2. The normalized spacial score (nSPS) is 25.3. The second kappa shape index (κ2) is 5.10. The molecule has 2 unspecified atom stereocenters. The maximum atomic E-state index is 8.74. The van der Waals surface area contributed by atoms with Gasteiger partial charge in [0.25, 0.3) is 0 Å². The Balaban J connectivity index is 1.45. The number of rotatable bonds is 3. The molecule has 4 nitrogen and oxygen atoms in total. The maximum absolute atomic E-state index is 8.74. The van der Waals surface area contributed by atoms with Crippen LogP contribution in [0.1, 0.15) is 36.1 Å². The monoisotopic (exact) mass is 290 g/mol. The summed E-state index contributed by atoms with van der Waals surface area (Å²) in [5, 5.41) is 20.0. The minimum Gasteiger partial charge on any atom is -0.368 e. The zero-order valence-electron chi connectivity index (χ0n) is 12.4. The highest BCUT2D eigenvalue weighted by atomic mass is 15.2. The lowest BCUT2D eigenvalue weighted by molar-refractivity contribution is 0.503. The number of aromatic nitrogens is 2. The van der Waals surface area contributed by atoms with E-state index in [1.165, 1.54) is 31.2 Å². The van der Waals surface area contributed by atoms with E-state index in [1.54, 1.807) is 11.6 Å². The molecule has 2 atom stereocenters. The minimum atomic E-state index is 0.356. The fraction of sp³-hybridized carbons (Fsp3) is 0.389. The van der Waals surface area contributed by atoms with E-state index in [4.69, 9.17) is 5.26 Å². The van der Waals surface area contributed by atoms with Crippen molar-refractivity contribution < 1.29 is 0 Å². The van der Waals surface area contributed by atoms with Gasteiger partial charge in [0.15, 0.2) is 5.69 Å². The van der Waals surface area contributed by atoms with Gasteiger partial charge in [-0.1, -0.05) is 24.3 Å². The summed E-state index contributed by atoms with van der Waals surface area (Å²) >= 11 is 0. The summed E-state index contributed by atoms with van der Waals surface area (Å²) in [6, 6.07) is 14.4. The van der Waals surface area contributed by atoms with Crippen LogP contribution in [0.2, 0.25) is 0 Å².